The van der Waals surface area contributed by atoms with Gasteiger partial charge >= 0.3 is 6.09 Å². The molecule has 1 fully saturated rings. The Balaban J connectivity index is 1.18. The minimum absolute atomic E-state index is 0.0280. The summed E-state index contributed by atoms with van der Waals surface area (Å²) in [7, 11) is 0. The van der Waals surface area contributed by atoms with Gasteiger partial charge in [-0.05, 0) is 48.6 Å². The standard InChI is InChI=1S/C29H33N3O4/c33-21-17-22-10-12-24(13-11-22)30-28(34)16-20-32-18-14-25(15-19-32)36-29(35)31-27-9-5-4-8-26(27)23-6-2-1-3-7-23/h1-13,25,33H,14-21H2,(H,30,34)(H,31,35). The molecule has 0 unspecified atom stereocenters. The molecular formula is C29H33N3O4. The zero-order valence-electron chi connectivity index (χ0n) is 20.4. The lowest BCUT2D eigenvalue weighted by Crippen LogP contribution is -2.39. The van der Waals surface area contributed by atoms with Crippen molar-refractivity contribution in [2.45, 2.75) is 31.8 Å². The summed E-state index contributed by atoms with van der Waals surface area (Å²) in [5.41, 5.74) is 4.50. The molecule has 0 radical (unpaired) electrons. The van der Waals surface area contributed by atoms with Crippen molar-refractivity contribution in [2.75, 3.05) is 36.9 Å². The van der Waals surface area contributed by atoms with Crippen LogP contribution in [0, 0.1) is 0 Å². The van der Waals surface area contributed by atoms with Crippen LogP contribution in [0.2, 0.25) is 0 Å². The molecule has 1 heterocycles. The topological polar surface area (TPSA) is 90.9 Å². The molecule has 0 aromatic heterocycles. The number of anilines is 2. The van der Waals surface area contributed by atoms with Gasteiger partial charge in [-0.25, -0.2) is 4.79 Å². The van der Waals surface area contributed by atoms with Gasteiger partial charge in [0.05, 0.1) is 5.69 Å². The number of piperidine rings is 1. The molecular weight excluding hydrogens is 454 g/mol. The Hall–Kier alpha value is -3.68. The fraction of sp³-hybridized carbons (Fsp3) is 0.310. The molecule has 7 heteroatoms. The van der Waals surface area contributed by atoms with Gasteiger partial charge in [0.25, 0.3) is 0 Å². The summed E-state index contributed by atoms with van der Waals surface area (Å²) in [4.78, 5) is 27.1. The van der Waals surface area contributed by atoms with Crippen molar-refractivity contribution < 1.29 is 19.4 Å². The highest BCUT2D eigenvalue weighted by Crippen LogP contribution is 2.28. The van der Waals surface area contributed by atoms with E-state index >= 15 is 0 Å². The lowest BCUT2D eigenvalue weighted by molar-refractivity contribution is -0.116. The molecule has 3 aromatic rings. The molecule has 1 aliphatic rings. The summed E-state index contributed by atoms with van der Waals surface area (Å²) in [6.07, 6.45) is 1.90. The number of aliphatic hydroxyl groups excluding tert-OH is 1. The SMILES string of the molecule is O=C(CCN1CCC(OC(=O)Nc2ccccc2-c2ccccc2)CC1)Nc1ccc(CCO)cc1. The number of nitrogens with one attached hydrogen (secondary N) is 2. The number of aliphatic hydroxyl groups is 1. The zero-order valence-corrected chi connectivity index (χ0v) is 20.4. The summed E-state index contributed by atoms with van der Waals surface area (Å²) in [5, 5.41) is 14.8. The Morgan fingerprint density at radius 2 is 1.58 bits per heavy atom. The molecule has 4 rings (SSSR count). The van der Waals surface area contributed by atoms with Crippen LogP contribution in [0.1, 0.15) is 24.8 Å². The van der Waals surface area contributed by atoms with Gasteiger partial charge in [0.2, 0.25) is 5.91 Å². The van der Waals surface area contributed by atoms with Crippen molar-refractivity contribution >= 4 is 23.4 Å². The molecule has 0 bridgehead atoms. The van der Waals surface area contributed by atoms with E-state index in [9.17, 15) is 9.59 Å². The molecule has 36 heavy (non-hydrogen) atoms. The second-order valence-corrected chi connectivity index (χ2v) is 8.95. The van der Waals surface area contributed by atoms with Gasteiger partial charge in [0, 0.05) is 43.9 Å². The van der Waals surface area contributed by atoms with Crippen molar-refractivity contribution in [1.29, 1.82) is 0 Å². The highest BCUT2D eigenvalue weighted by atomic mass is 16.6. The fourth-order valence-electron chi connectivity index (χ4n) is 4.37. The molecule has 1 aliphatic heterocycles. The number of hydrogen-bond acceptors (Lipinski definition) is 5. The molecule has 7 nitrogen and oxygen atoms in total. The van der Waals surface area contributed by atoms with Gasteiger partial charge in [-0.2, -0.15) is 0 Å². The Morgan fingerprint density at radius 3 is 2.31 bits per heavy atom. The van der Waals surface area contributed by atoms with E-state index in [0.29, 0.717) is 19.4 Å². The van der Waals surface area contributed by atoms with E-state index in [2.05, 4.69) is 15.5 Å². The molecule has 3 aromatic carbocycles. The van der Waals surface area contributed by atoms with E-state index in [1.54, 1.807) is 0 Å². The minimum atomic E-state index is -0.443. The van der Waals surface area contributed by atoms with Crippen LogP contribution in [0.3, 0.4) is 0 Å². The Morgan fingerprint density at radius 1 is 0.889 bits per heavy atom. The number of para-hydroxylation sites is 1. The second-order valence-electron chi connectivity index (χ2n) is 8.95. The molecule has 2 amide bonds. The number of benzene rings is 3. The lowest BCUT2D eigenvalue weighted by Gasteiger charge is -2.31. The van der Waals surface area contributed by atoms with Gasteiger partial charge in [0.1, 0.15) is 6.10 Å². The molecule has 0 atom stereocenters. The van der Waals surface area contributed by atoms with Crippen LogP contribution >= 0.6 is 0 Å². The fourth-order valence-corrected chi connectivity index (χ4v) is 4.37. The van der Waals surface area contributed by atoms with Crippen LogP contribution in [-0.4, -0.2) is 54.4 Å². The third-order valence-electron chi connectivity index (χ3n) is 6.35. The highest BCUT2D eigenvalue weighted by molar-refractivity contribution is 5.92. The van der Waals surface area contributed by atoms with Gasteiger partial charge in [-0.1, -0.05) is 60.7 Å². The first kappa shape index (κ1) is 25.4. The third kappa shape index (κ3) is 7.41. The summed E-state index contributed by atoms with van der Waals surface area (Å²) in [5.74, 6) is -0.0280. The number of nitrogens with zero attached hydrogens (tertiary/aromatic N) is 1. The van der Waals surface area contributed by atoms with Crippen LogP contribution in [0.25, 0.3) is 11.1 Å². The van der Waals surface area contributed by atoms with Crippen LogP contribution in [-0.2, 0) is 16.0 Å². The predicted molar refractivity (Wildman–Crippen MR) is 142 cm³/mol. The Bertz CT molecular complexity index is 1130. The first-order valence-electron chi connectivity index (χ1n) is 12.4. The molecule has 1 saturated heterocycles. The molecule has 3 N–H and O–H groups in total. The monoisotopic (exact) mass is 487 g/mol. The van der Waals surface area contributed by atoms with Gasteiger partial charge in [0.15, 0.2) is 0 Å². The Kier molecular flexibility index (Phi) is 9.08. The van der Waals surface area contributed by atoms with Crippen LogP contribution in [0.4, 0.5) is 16.2 Å². The Labute approximate surface area is 212 Å². The van der Waals surface area contributed by atoms with E-state index in [1.807, 2.05) is 78.9 Å². The molecule has 0 spiro atoms. The van der Waals surface area contributed by atoms with Crippen LogP contribution in [0.15, 0.2) is 78.9 Å². The predicted octanol–water partition coefficient (Wildman–Crippen LogP) is 4.93. The van der Waals surface area contributed by atoms with Crippen molar-refractivity contribution in [3.05, 3.63) is 84.4 Å². The smallest absolute Gasteiger partial charge is 0.411 e. The molecule has 188 valence electrons. The number of rotatable bonds is 9. The largest absolute Gasteiger partial charge is 0.446 e. The van der Waals surface area contributed by atoms with Crippen molar-refractivity contribution in [1.82, 2.24) is 4.90 Å². The van der Waals surface area contributed by atoms with E-state index < -0.39 is 6.09 Å². The number of carbonyl (C=O) groups excluding carboxylic acids is 2. The van der Waals surface area contributed by atoms with E-state index in [-0.39, 0.29) is 18.6 Å². The summed E-state index contributed by atoms with van der Waals surface area (Å²) >= 11 is 0. The lowest BCUT2D eigenvalue weighted by atomic mass is 10.0. The average Bonchev–Trinajstić information content (AvgIpc) is 2.90. The molecule has 0 saturated carbocycles. The van der Waals surface area contributed by atoms with E-state index in [1.165, 1.54) is 0 Å². The maximum atomic E-state index is 12.6. The minimum Gasteiger partial charge on any atom is -0.446 e. The highest BCUT2D eigenvalue weighted by Gasteiger charge is 2.23. The van der Waals surface area contributed by atoms with Crippen LogP contribution < -0.4 is 10.6 Å². The van der Waals surface area contributed by atoms with Crippen LogP contribution in [0.5, 0.6) is 0 Å². The number of carbonyl (C=O) groups is 2. The molecule has 0 aliphatic carbocycles. The van der Waals surface area contributed by atoms with Gasteiger partial charge in [-0.15, -0.1) is 0 Å². The first-order chi connectivity index (χ1) is 17.6. The number of likely N-dealkylation sites (tertiary alicyclic amines) is 1. The zero-order chi connectivity index (χ0) is 25.2. The second kappa shape index (κ2) is 12.9. The average molecular weight is 488 g/mol. The van der Waals surface area contributed by atoms with Gasteiger partial charge in [-0.3, -0.25) is 10.1 Å². The maximum absolute atomic E-state index is 12.6. The van der Waals surface area contributed by atoms with Crippen molar-refractivity contribution in [3.63, 3.8) is 0 Å². The number of amides is 2. The van der Waals surface area contributed by atoms with Crippen molar-refractivity contribution in [3.8, 4) is 11.1 Å². The number of hydrogen-bond donors (Lipinski definition) is 3. The first-order valence-corrected chi connectivity index (χ1v) is 12.4. The van der Waals surface area contributed by atoms with E-state index in [4.69, 9.17) is 9.84 Å². The maximum Gasteiger partial charge on any atom is 0.411 e. The van der Waals surface area contributed by atoms with Gasteiger partial charge < -0.3 is 20.1 Å². The summed E-state index contributed by atoms with van der Waals surface area (Å²) < 4.78 is 5.69. The van der Waals surface area contributed by atoms with Crippen molar-refractivity contribution in [2.24, 2.45) is 0 Å². The summed E-state index contributed by atoms with van der Waals surface area (Å²) in [6.45, 7) is 2.33. The quantitative estimate of drug-likeness (QED) is 0.398. The third-order valence-corrected chi connectivity index (χ3v) is 6.35. The number of ether oxygens (including phenoxy) is 1. The summed E-state index contributed by atoms with van der Waals surface area (Å²) in [6, 6.07) is 25.2. The normalized spacial score (nSPS) is 14.2. The van der Waals surface area contributed by atoms with E-state index in [0.717, 1.165) is 54.0 Å².